The second-order valence-corrected chi connectivity index (χ2v) is 4.57. The van der Waals surface area contributed by atoms with E-state index in [2.05, 4.69) is 11.1 Å². The summed E-state index contributed by atoms with van der Waals surface area (Å²) in [6.45, 7) is 2.10. The van der Waals surface area contributed by atoms with E-state index in [0.717, 1.165) is 22.2 Å². The molecule has 0 saturated carbocycles. The summed E-state index contributed by atoms with van der Waals surface area (Å²) in [6, 6.07) is 18.0. The second-order valence-electron chi connectivity index (χ2n) is 4.57. The summed E-state index contributed by atoms with van der Waals surface area (Å²) in [4.78, 5) is 4.38. The molecule has 0 saturated heterocycles. The first-order valence-corrected chi connectivity index (χ1v) is 6.42. The van der Waals surface area contributed by atoms with Gasteiger partial charge in [0.2, 0.25) is 0 Å². The van der Waals surface area contributed by atoms with E-state index in [1.807, 2.05) is 36.4 Å². The highest BCUT2D eigenvalue weighted by Crippen LogP contribution is 2.29. The number of para-hydroxylation sites is 1. The zero-order valence-electron chi connectivity index (χ0n) is 11.1. The maximum Gasteiger partial charge on any atom is 0.144 e. The highest BCUT2D eigenvalue weighted by atomic mass is 16.5. The lowest BCUT2D eigenvalue weighted by Crippen LogP contribution is -1.99. The Kier molecular flexibility index (Phi) is 3.25. The number of rotatable bonds is 3. The smallest absolute Gasteiger partial charge is 0.144 e. The Morgan fingerprint density at radius 3 is 2.70 bits per heavy atom. The quantitative estimate of drug-likeness (QED) is 0.785. The van der Waals surface area contributed by atoms with Crippen LogP contribution in [0.1, 0.15) is 11.3 Å². The van der Waals surface area contributed by atoms with Crippen molar-refractivity contribution in [1.29, 1.82) is 0 Å². The predicted octanol–water partition coefficient (Wildman–Crippen LogP) is 3.63. The summed E-state index contributed by atoms with van der Waals surface area (Å²) in [6.07, 6.45) is 0. The molecule has 0 unspecified atom stereocenters. The first kappa shape index (κ1) is 12.5. The molecule has 1 heterocycles. The average molecular weight is 264 g/mol. The van der Waals surface area contributed by atoms with Crippen LogP contribution in [0.15, 0.2) is 48.5 Å². The summed E-state index contributed by atoms with van der Waals surface area (Å²) >= 11 is 0. The van der Waals surface area contributed by atoms with Gasteiger partial charge < -0.3 is 9.84 Å². The molecular formula is C17H14NO2. The number of hydrogen-bond acceptors (Lipinski definition) is 3. The van der Waals surface area contributed by atoms with E-state index < -0.39 is 0 Å². The molecular weight excluding hydrogens is 250 g/mol. The monoisotopic (exact) mass is 264 g/mol. The predicted molar refractivity (Wildman–Crippen MR) is 77.8 cm³/mol. The third-order valence-electron chi connectivity index (χ3n) is 3.22. The number of benzene rings is 2. The Hall–Kier alpha value is -2.55. The van der Waals surface area contributed by atoms with Crippen LogP contribution in [0.3, 0.4) is 0 Å². The lowest BCUT2D eigenvalue weighted by atomic mass is 10.1. The van der Waals surface area contributed by atoms with Crippen molar-refractivity contribution in [2.45, 2.75) is 13.5 Å². The molecule has 20 heavy (non-hydrogen) atoms. The van der Waals surface area contributed by atoms with Gasteiger partial charge in [0.25, 0.3) is 0 Å². The fraction of sp³-hybridized carbons (Fsp3) is 0.118. The molecule has 0 aliphatic carbocycles. The summed E-state index contributed by atoms with van der Waals surface area (Å²) in [7, 11) is 0. The van der Waals surface area contributed by atoms with Crippen molar-refractivity contribution in [2.24, 2.45) is 0 Å². The van der Waals surface area contributed by atoms with Crippen molar-refractivity contribution >= 4 is 10.9 Å². The molecule has 0 spiro atoms. The van der Waals surface area contributed by atoms with Crippen molar-refractivity contribution in [3.63, 3.8) is 0 Å². The van der Waals surface area contributed by atoms with Crippen molar-refractivity contribution in [2.75, 3.05) is 0 Å². The minimum absolute atomic E-state index is 0.200. The van der Waals surface area contributed by atoms with Gasteiger partial charge in [0, 0.05) is 10.9 Å². The van der Waals surface area contributed by atoms with E-state index in [0.29, 0.717) is 12.3 Å². The van der Waals surface area contributed by atoms with Gasteiger partial charge in [0.1, 0.15) is 18.1 Å². The highest BCUT2D eigenvalue weighted by Gasteiger charge is 2.12. The van der Waals surface area contributed by atoms with Crippen LogP contribution in [-0.4, -0.2) is 10.1 Å². The van der Waals surface area contributed by atoms with E-state index in [4.69, 9.17) is 4.74 Å². The van der Waals surface area contributed by atoms with Gasteiger partial charge in [0.05, 0.1) is 11.2 Å². The van der Waals surface area contributed by atoms with E-state index >= 15 is 0 Å². The highest BCUT2D eigenvalue weighted by molar-refractivity contribution is 5.84. The molecule has 3 aromatic rings. The van der Waals surface area contributed by atoms with Crippen LogP contribution in [0.4, 0.5) is 0 Å². The SMILES string of the molecule is Cc1nc2ccccc2c(COc2cc[c]cc2)c1O. The minimum atomic E-state index is 0.200. The van der Waals surface area contributed by atoms with Crippen LogP contribution in [-0.2, 0) is 6.61 Å². The number of ether oxygens (including phenoxy) is 1. The number of aromatic nitrogens is 1. The van der Waals surface area contributed by atoms with Gasteiger partial charge in [-0.1, -0.05) is 30.3 Å². The third-order valence-corrected chi connectivity index (χ3v) is 3.22. The van der Waals surface area contributed by atoms with Gasteiger partial charge in [-0.05, 0) is 31.2 Å². The zero-order valence-corrected chi connectivity index (χ0v) is 11.1. The lowest BCUT2D eigenvalue weighted by Gasteiger charge is -2.12. The molecule has 3 rings (SSSR count). The molecule has 1 aromatic heterocycles. The summed E-state index contributed by atoms with van der Waals surface area (Å²) in [5.74, 6) is 0.952. The van der Waals surface area contributed by atoms with Crippen LogP contribution in [0.2, 0.25) is 0 Å². The molecule has 1 radical (unpaired) electrons. The Labute approximate surface area is 117 Å². The van der Waals surface area contributed by atoms with Gasteiger partial charge in [-0.2, -0.15) is 0 Å². The van der Waals surface area contributed by atoms with Gasteiger partial charge >= 0.3 is 0 Å². The Balaban J connectivity index is 2.00. The van der Waals surface area contributed by atoms with Crippen molar-refractivity contribution in [3.05, 3.63) is 65.9 Å². The molecule has 0 atom stereocenters. The Bertz CT molecular complexity index is 739. The van der Waals surface area contributed by atoms with Crippen molar-refractivity contribution in [3.8, 4) is 11.5 Å². The molecule has 3 nitrogen and oxygen atoms in total. The van der Waals surface area contributed by atoms with Crippen LogP contribution < -0.4 is 4.74 Å². The number of fused-ring (bicyclic) bond motifs is 1. The Morgan fingerprint density at radius 1 is 1.15 bits per heavy atom. The molecule has 0 aliphatic rings. The van der Waals surface area contributed by atoms with E-state index in [1.165, 1.54) is 0 Å². The first-order valence-electron chi connectivity index (χ1n) is 6.42. The molecule has 0 fully saturated rings. The first-order chi connectivity index (χ1) is 9.75. The lowest BCUT2D eigenvalue weighted by molar-refractivity contribution is 0.300. The minimum Gasteiger partial charge on any atom is -0.506 e. The molecule has 0 aliphatic heterocycles. The summed E-state index contributed by atoms with van der Waals surface area (Å²) in [5, 5.41) is 11.1. The summed E-state index contributed by atoms with van der Waals surface area (Å²) in [5.41, 5.74) is 2.24. The second kappa shape index (κ2) is 5.21. The third kappa shape index (κ3) is 2.30. The molecule has 0 amide bonds. The van der Waals surface area contributed by atoms with Crippen LogP contribution in [0.25, 0.3) is 10.9 Å². The molecule has 0 bridgehead atoms. The van der Waals surface area contributed by atoms with E-state index in [1.54, 1.807) is 19.1 Å². The number of nitrogens with zero attached hydrogens (tertiary/aromatic N) is 1. The van der Waals surface area contributed by atoms with Crippen molar-refractivity contribution < 1.29 is 9.84 Å². The molecule has 3 heteroatoms. The number of hydrogen-bond donors (Lipinski definition) is 1. The standard InChI is InChI=1S/C17H14NO2/c1-12-17(19)15(11-20-13-7-3-2-4-8-13)14-9-5-6-10-16(14)18-12/h3-10,19H,11H2,1H3. The average Bonchev–Trinajstić information content (AvgIpc) is 2.49. The van der Waals surface area contributed by atoms with E-state index in [9.17, 15) is 5.11 Å². The maximum absolute atomic E-state index is 10.2. The fourth-order valence-corrected chi connectivity index (χ4v) is 2.18. The van der Waals surface area contributed by atoms with Crippen molar-refractivity contribution in [1.82, 2.24) is 4.98 Å². The largest absolute Gasteiger partial charge is 0.506 e. The van der Waals surface area contributed by atoms with Crippen LogP contribution in [0.5, 0.6) is 11.5 Å². The topological polar surface area (TPSA) is 42.4 Å². The molecule has 99 valence electrons. The summed E-state index contributed by atoms with van der Waals surface area (Å²) < 4.78 is 5.73. The van der Waals surface area contributed by atoms with Crippen LogP contribution in [0, 0.1) is 13.0 Å². The number of pyridine rings is 1. The Morgan fingerprint density at radius 2 is 1.90 bits per heavy atom. The van der Waals surface area contributed by atoms with Gasteiger partial charge in [0.15, 0.2) is 0 Å². The number of aryl methyl sites for hydroxylation is 1. The number of aromatic hydroxyl groups is 1. The van der Waals surface area contributed by atoms with Crippen LogP contribution >= 0.6 is 0 Å². The van der Waals surface area contributed by atoms with Gasteiger partial charge in [-0.3, -0.25) is 0 Å². The van der Waals surface area contributed by atoms with E-state index in [-0.39, 0.29) is 5.75 Å². The molecule has 2 aromatic carbocycles. The van der Waals surface area contributed by atoms with Gasteiger partial charge in [-0.15, -0.1) is 0 Å². The fourth-order valence-electron chi connectivity index (χ4n) is 2.18. The normalized spacial score (nSPS) is 10.7. The van der Waals surface area contributed by atoms with Gasteiger partial charge in [-0.25, -0.2) is 4.98 Å². The molecule has 1 N–H and O–H groups in total. The maximum atomic E-state index is 10.2. The zero-order chi connectivity index (χ0) is 13.9.